The van der Waals surface area contributed by atoms with Crippen molar-refractivity contribution in [3.05, 3.63) is 12.7 Å². The standard InChI is InChI=1S/C8H12O3.Na/c1-3-5-6(8(10)11)7(9)4-2;/h3,6H,1,4-5H2,2H3,(H,10,11);/q;+1/p-1. The van der Waals surface area contributed by atoms with Gasteiger partial charge in [-0.3, -0.25) is 4.79 Å². The molecule has 0 saturated carbocycles. The normalized spacial score (nSPS) is 11.1. The Morgan fingerprint density at radius 2 is 2.08 bits per heavy atom. The van der Waals surface area contributed by atoms with Crippen molar-refractivity contribution >= 4 is 11.8 Å². The van der Waals surface area contributed by atoms with E-state index in [0.717, 1.165) is 0 Å². The van der Waals surface area contributed by atoms with Crippen LogP contribution in [0.4, 0.5) is 0 Å². The van der Waals surface area contributed by atoms with E-state index in [1.165, 1.54) is 6.08 Å². The van der Waals surface area contributed by atoms with Crippen LogP contribution in [0.3, 0.4) is 0 Å². The maximum Gasteiger partial charge on any atom is 1.00 e. The van der Waals surface area contributed by atoms with E-state index < -0.39 is 11.9 Å². The number of carboxylic acids is 1. The zero-order valence-corrected chi connectivity index (χ0v) is 9.50. The average molecular weight is 178 g/mol. The first-order chi connectivity index (χ1) is 5.13. The van der Waals surface area contributed by atoms with Gasteiger partial charge in [-0.2, -0.15) is 0 Å². The fraction of sp³-hybridized carbons (Fsp3) is 0.500. The summed E-state index contributed by atoms with van der Waals surface area (Å²) in [6, 6.07) is 0. The van der Waals surface area contributed by atoms with E-state index in [1.807, 2.05) is 0 Å². The molecule has 0 aromatic carbocycles. The number of carbonyl (C=O) groups excluding carboxylic acids is 2. The Balaban J connectivity index is 0. The van der Waals surface area contributed by atoms with Gasteiger partial charge in [-0.1, -0.05) is 13.0 Å². The molecule has 0 heterocycles. The second kappa shape index (κ2) is 7.53. The van der Waals surface area contributed by atoms with E-state index in [9.17, 15) is 14.7 Å². The third-order valence-corrected chi connectivity index (χ3v) is 1.42. The van der Waals surface area contributed by atoms with Crippen LogP contribution in [-0.2, 0) is 9.59 Å². The summed E-state index contributed by atoms with van der Waals surface area (Å²) < 4.78 is 0. The van der Waals surface area contributed by atoms with E-state index in [0.29, 0.717) is 0 Å². The smallest absolute Gasteiger partial charge is 0.549 e. The third-order valence-electron chi connectivity index (χ3n) is 1.42. The maximum absolute atomic E-state index is 10.9. The van der Waals surface area contributed by atoms with Crippen LogP contribution < -0.4 is 34.7 Å². The minimum atomic E-state index is -1.31. The Morgan fingerprint density at radius 3 is 2.33 bits per heavy atom. The van der Waals surface area contributed by atoms with Gasteiger partial charge in [-0.25, -0.2) is 0 Å². The van der Waals surface area contributed by atoms with Crippen LogP contribution in [0.1, 0.15) is 19.8 Å². The molecule has 1 atom stereocenters. The molecule has 0 radical (unpaired) electrons. The van der Waals surface area contributed by atoms with Crippen LogP contribution in [0.5, 0.6) is 0 Å². The maximum atomic E-state index is 10.9. The van der Waals surface area contributed by atoms with E-state index in [2.05, 4.69) is 6.58 Å². The molecule has 0 aromatic rings. The molecule has 0 saturated heterocycles. The zero-order valence-electron chi connectivity index (χ0n) is 7.50. The van der Waals surface area contributed by atoms with Crippen LogP contribution in [0, 0.1) is 5.92 Å². The largest absolute Gasteiger partial charge is 1.00 e. The van der Waals surface area contributed by atoms with Crippen molar-refractivity contribution in [2.45, 2.75) is 19.8 Å². The van der Waals surface area contributed by atoms with Crippen molar-refractivity contribution in [3.63, 3.8) is 0 Å². The van der Waals surface area contributed by atoms with Gasteiger partial charge in [-0.15, -0.1) is 6.58 Å². The van der Waals surface area contributed by atoms with Crippen molar-refractivity contribution in [3.8, 4) is 0 Å². The van der Waals surface area contributed by atoms with Crippen LogP contribution >= 0.6 is 0 Å². The number of hydrogen-bond acceptors (Lipinski definition) is 3. The van der Waals surface area contributed by atoms with Crippen molar-refractivity contribution in [1.29, 1.82) is 0 Å². The first-order valence-electron chi connectivity index (χ1n) is 3.48. The monoisotopic (exact) mass is 178 g/mol. The summed E-state index contributed by atoms with van der Waals surface area (Å²) >= 11 is 0. The van der Waals surface area contributed by atoms with Crippen molar-refractivity contribution in [1.82, 2.24) is 0 Å². The van der Waals surface area contributed by atoms with E-state index in [1.54, 1.807) is 6.92 Å². The SMILES string of the molecule is C=CCC(C(=O)[O-])C(=O)CC.[Na+]. The van der Waals surface area contributed by atoms with Gasteiger partial charge < -0.3 is 9.90 Å². The summed E-state index contributed by atoms with van der Waals surface area (Å²) in [6.07, 6.45) is 1.80. The van der Waals surface area contributed by atoms with Gasteiger partial charge in [0.1, 0.15) is 5.78 Å². The van der Waals surface area contributed by atoms with Crippen molar-refractivity contribution in [2.24, 2.45) is 5.92 Å². The number of ketones is 1. The molecule has 1 unspecified atom stereocenters. The minimum Gasteiger partial charge on any atom is -0.549 e. The number of aliphatic carboxylic acids is 1. The number of hydrogen-bond donors (Lipinski definition) is 0. The predicted molar refractivity (Wildman–Crippen MR) is 38.6 cm³/mol. The van der Waals surface area contributed by atoms with Gasteiger partial charge in [0.2, 0.25) is 0 Å². The molecule has 0 N–H and O–H groups in total. The molecular formula is C8H11NaO3. The number of carbonyl (C=O) groups is 2. The second-order valence-corrected chi connectivity index (χ2v) is 2.22. The third kappa shape index (κ3) is 4.70. The van der Waals surface area contributed by atoms with Crippen molar-refractivity contribution in [2.75, 3.05) is 0 Å². The molecule has 4 heteroatoms. The molecule has 0 bridgehead atoms. The number of rotatable bonds is 5. The molecule has 0 amide bonds. The summed E-state index contributed by atoms with van der Waals surface area (Å²) in [7, 11) is 0. The molecule has 0 rings (SSSR count). The zero-order chi connectivity index (χ0) is 8.85. The summed E-state index contributed by atoms with van der Waals surface area (Å²) in [4.78, 5) is 21.2. The van der Waals surface area contributed by atoms with Gasteiger partial charge in [0.25, 0.3) is 0 Å². The first kappa shape index (κ1) is 14.4. The molecule has 0 fully saturated rings. The Bertz CT molecular complexity index is 177. The summed E-state index contributed by atoms with van der Waals surface area (Å²) in [5, 5.41) is 10.3. The number of Topliss-reactive ketones (excluding diaryl/α,β-unsaturated/α-hetero) is 1. The molecule has 0 aromatic heterocycles. The van der Waals surface area contributed by atoms with Crippen LogP contribution in [0.2, 0.25) is 0 Å². The number of carboxylic acid groups (broad SMARTS) is 1. The van der Waals surface area contributed by atoms with Crippen molar-refractivity contribution < 1.29 is 44.3 Å². The molecule has 0 aliphatic heterocycles. The minimum absolute atomic E-state index is 0. The molecule has 12 heavy (non-hydrogen) atoms. The van der Waals surface area contributed by atoms with Crippen LogP contribution in [0.25, 0.3) is 0 Å². The Hall–Kier alpha value is -0.120. The van der Waals surface area contributed by atoms with Crippen LogP contribution in [0.15, 0.2) is 12.7 Å². The number of allylic oxidation sites excluding steroid dienone is 1. The van der Waals surface area contributed by atoms with E-state index in [4.69, 9.17) is 0 Å². The summed E-state index contributed by atoms with van der Waals surface area (Å²) in [5.41, 5.74) is 0. The Labute approximate surface area is 94.1 Å². The predicted octanol–water partition coefficient (Wildman–Crippen LogP) is -3.09. The fourth-order valence-corrected chi connectivity index (χ4v) is 0.772. The molecule has 0 aliphatic carbocycles. The molecular weight excluding hydrogens is 167 g/mol. The molecule has 3 nitrogen and oxygen atoms in total. The van der Waals surface area contributed by atoms with Gasteiger partial charge in [0.15, 0.2) is 0 Å². The van der Waals surface area contributed by atoms with Gasteiger partial charge in [0, 0.05) is 6.42 Å². The molecule has 62 valence electrons. The molecule has 0 spiro atoms. The second-order valence-electron chi connectivity index (χ2n) is 2.22. The van der Waals surface area contributed by atoms with E-state index >= 15 is 0 Å². The fourth-order valence-electron chi connectivity index (χ4n) is 0.772. The Morgan fingerprint density at radius 1 is 1.58 bits per heavy atom. The first-order valence-corrected chi connectivity index (χ1v) is 3.48. The summed E-state index contributed by atoms with van der Waals surface area (Å²) in [6.45, 7) is 4.98. The quantitative estimate of drug-likeness (QED) is 0.255. The molecule has 0 aliphatic rings. The average Bonchev–Trinajstić information content (AvgIpc) is 1.98. The van der Waals surface area contributed by atoms with Gasteiger partial charge in [-0.05, 0) is 6.42 Å². The summed E-state index contributed by atoms with van der Waals surface area (Å²) in [5.74, 6) is -2.61. The van der Waals surface area contributed by atoms with Gasteiger partial charge in [0.05, 0.1) is 11.9 Å². The van der Waals surface area contributed by atoms with Gasteiger partial charge >= 0.3 is 29.6 Å². The van der Waals surface area contributed by atoms with Crippen LogP contribution in [-0.4, -0.2) is 11.8 Å². The topological polar surface area (TPSA) is 57.2 Å². The van der Waals surface area contributed by atoms with E-state index in [-0.39, 0.29) is 48.2 Å². The Kier molecular flexibility index (Phi) is 9.03.